The van der Waals surface area contributed by atoms with E-state index in [1.165, 1.54) is 16.7 Å². The molecule has 10 heteroatoms. The van der Waals surface area contributed by atoms with E-state index in [1.54, 1.807) is 6.07 Å². The smallest absolute Gasteiger partial charge is 0.258 e. The Hall–Kier alpha value is -4.02. The van der Waals surface area contributed by atoms with Gasteiger partial charge in [-0.05, 0) is 61.1 Å². The molecule has 42 heavy (non-hydrogen) atoms. The highest BCUT2D eigenvalue weighted by molar-refractivity contribution is 7.99. The summed E-state index contributed by atoms with van der Waals surface area (Å²) in [5, 5.41) is 17.0. The number of anilines is 1. The van der Waals surface area contributed by atoms with Gasteiger partial charge in [-0.1, -0.05) is 60.7 Å². The fraction of sp³-hybridized carbons (Fsp3) is 0.344. The van der Waals surface area contributed by atoms with Gasteiger partial charge in [0.1, 0.15) is 11.8 Å². The predicted octanol–water partition coefficient (Wildman–Crippen LogP) is 2.88. The van der Waals surface area contributed by atoms with Gasteiger partial charge in [0.15, 0.2) is 12.7 Å². The molecule has 222 valence electrons. The quantitative estimate of drug-likeness (QED) is 0.252. The lowest BCUT2D eigenvalue weighted by atomic mass is 9.99. The molecule has 1 aliphatic rings. The lowest BCUT2D eigenvalue weighted by Crippen LogP contribution is -2.56. The Bertz CT molecular complexity index is 1400. The van der Waals surface area contributed by atoms with E-state index in [-0.39, 0.29) is 31.4 Å². The summed E-state index contributed by atoms with van der Waals surface area (Å²) in [6.07, 6.45) is -1.35. The molecule has 0 spiro atoms. The zero-order chi connectivity index (χ0) is 30.2. The highest BCUT2D eigenvalue weighted by Gasteiger charge is 2.40. The number of carbonyl (C=O) groups excluding carboxylic acids is 3. The molecule has 5 N–H and O–H groups in total. The fourth-order valence-corrected chi connectivity index (χ4v) is 6.10. The first kappa shape index (κ1) is 30.9. The number of hydrogen-bond acceptors (Lipinski definition) is 7. The third kappa shape index (κ3) is 7.63. The number of carbonyl (C=O) groups is 3. The fourth-order valence-electron chi connectivity index (χ4n) is 4.94. The van der Waals surface area contributed by atoms with E-state index in [0.717, 1.165) is 27.8 Å². The largest absolute Gasteiger partial charge is 0.483 e. The number of nitrogen functional groups attached to an aromatic ring is 1. The van der Waals surface area contributed by atoms with Crippen LogP contribution in [0.3, 0.4) is 0 Å². The van der Waals surface area contributed by atoms with E-state index in [9.17, 15) is 19.5 Å². The van der Waals surface area contributed by atoms with Crippen LogP contribution in [-0.4, -0.2) is 64.2 Å². The lowest BCUT2D eigenvalue weighted by Gasteiger charge is -2.30. The van der Waals surface area contributed by atoms with Crippen LogP contribution in [0.1, 0.15) is 27.8 Å². The maximum Gasteiger partial charge on any atom is 0.258 e. The summed E-state index contributed by atoms with van der Waals surface area (Å²) in [4.78, 5) is 41.1. The number of nitrogens with one attached hydrogen (secondary N) is 2. The minimum absolute atomic E-state index is 0.218. The van der Waals surface area contributed by atoms with Gasteiger partial charge in [-0.3, -0.25) is 14.4 Å². The number of hydrogen-bond donors (Lipinski definition) is 4. The van der Waals surface area contributed by atoms with Gasteiger partial charge in [0.05, 0.1) is 11.9 Å². The highest BCUT2D eigenvalue weighted by atomic mass is 32.2. The van der Waals surface area contributed by atoms with Crippen LogP contribution in [0.5, 0.6) is 5.75 Å². The molecule has 0 bridgehead atoms. The maximum absolute atomic E-state index is 13.6. The third-order valence-corrected chi connectivity index (χ3v) is 8.46. The van der Waals surface area contributed by atoms with E-state index in [4.69, 9.17) is 10.5 Å². The van der Waals surface area contributed by atoms with Crippen molar-refractivity contribution in [2.45, 2.75) is 51.9 Å². The van der Waals surface area contributed by atoms with E-state index in [1.807, 2.05) is 81.4 Å². The van der Waals surface area contributed by atoms with Crippen molar-refractivity contribution in [3.8, 4) is 5.75 Å². The van der Waals surface area contributed by atoms with Crippen molar-refractivity contribution in [2.75, 3.05) is 24.0 Å². The summed E-state index contributed by atoms with van der Waals surface area (Å²) in [5.41, 5.74) is 11.1. The molecule has 0 aromatic heterocycles. The number of thioether (sulfide) groups is 1. The molecule has 1 aliphatic heterocycles. The van der Waals surface area contributed by atoms with Gasteiger partial charge in [0.2, 0.25) is 5.91 Å². The molecule has 3 aromatic rings. The first-order chi connectivity index (χ1) is 20.2. The molecular weight excluding hydrogens is 552 g/mol. The first-order valence-electron chi connectivity index (χ1n) is 13.9. The zero-order valence-electron chi connectivity index (χ0n) is 24.1. The highest BCUT2D eigenvalue weighted by Crippen LogP contribution is 2.24. The Balaban J connectivity index is 1.44. The zero-order valence-corrected chi connectivity index (χ0v) is 24.9. The monoisotopic (exact) mass is 590 g/mol. The van der Waals surface area contributed by atoms with Gasteiger partial charge in [-0.15, -0.1) is 11.8 Å². The van der Waals surface area contributed by atoms with Crippen LogP contribution < -0.4 is 21.1 Å². The van der Waals surface area contributed by atoms with Crippen molar-refractivity contribution in [3.05, 3.63) is 94.5 Å². The molecule has 0 unspecified atom stereocenters. The average molecular weight is 591 g/mol. The summed E-state index contributed by atoms with van der Waals surface area (Å²) in [6, 6.07) is 18.9. The topological polar surface area (TPSA) is 134 Å². The van der Waals surface area contributed by atoms with Gasteiger partial charge >= 0.3 is 0 Å². The van der Waals surface area contributed by atoms with Crippen molar-refractivity contribution in [1.29, 1.82) is 0 Å². The predicted molar refractivity (Wildman–Crippen MR) is 165 cm³/mol. The van der Waals surface area contributed by atoms with E-state index < -0.39 is 30.0 Å². The molecule has 0 radical (unpaired) electrons. The molecule has 9 nitrogen and oxygen atoms in total. The number of nitrogens with zero attached hydrogens (tertiary/aromatic N) is 1. The van der Waals surface area contributed by atoms with Crippen LogP contribution in [0.4, 0.5) is 5.69 Å². The SMILES string of the molecule is Cc1cccc(C)c1OCC(=O)N[C@@H](Cc1ccccc1)[C@H](O)C(=O)N1CSC[C@H]1C(=O)NCc1cccc(N)c1C. The Morgan fingerprint density at radius 2 is 1.71 bits per heavy atom. The molecule has 1 fully saturated rings. The van der Waals surface area contributed by atoms with E-state index in [2.05, 4.69) is 10.6 Å². The van der Waals surface area contributed by atoms with Crippen molar-refractivity contribution in [3.63, 3.8) is 0 Å². The Labute approximate surface area is 250 Å². The van der Waals surface area contributed by atoms with Gasteiger partial charge in [0, 0.05) is 18.0 Å². The molecule has 1 heterocycles. The number of aliphatic hydroxyl groups excluding tert-OH is 1. The van der Waals surface area contributed by atoms with Crippen molar-refractivity contribution >= 4 is 35.2 Å². The standard InChI is InChI=1S/C32H38N4O5S/c1-20-9-7-10-21(2)30(20)41-17-28(37)35-26(15-23-11-5-4-6-12-23)29(38)32(40)36-19-42-18-27(36)31(39)34-16-24-13-8-14-25(33)22(24)3/h4-14,26-27,29,38H,15-19,33H2,1-3H3,(H,34,39)(H,35,37)/t26-,27-,29-/m0/s1. The Kier molecular flexibility index (Phi) is 10.5. The summed E-state index contributed by atoms with van der Waals surface area (Å²) in [6.45, 7) is 5.69. The van der Waals surface area contributed by atoms with Gasteiger partial charge in [0.25, 0.3) is 11.8 Å². The number of rotatable bonds is 11. The molecule has 0 saturated carbocycles. The van der Waals surface area contributed by atoms with Crippen molar-refractivity contribution in [2.24, 2.45) is 0 Å². The number of ether oxygens (including phenoxy) is 1. The van der Waals surface area contributed by atoms with Crippen LogP contribution in [-0.2, 0) is 27.3 Å². The van der Waals surface area contributed by atoms with Crippen LogP contribution in [0.25, 0.3) is 0 Å². The van der Waals surface area contributed by atoms with Crippen LogP contribution in [0, 0.1) is 20.8 Å². The average Bonchev–Trinajstić information content (AvgIpc) is 3.47. The minimum Gasteiger partial charge on any atom is -0.483 e. The number of aliphatic hydroxyl groups is 1. The summed E-state index contributed by atoms with van der Waals surface area (Å²) in [5.74, 6) is -0.106. The molecule has 3 aromatic carbocycles. The lowest BCUT2D eigenvalue weighted by molar-refractivity contribution is -0.146. The summed E-state index contributed by atoms with van der Waals surface area (Å²) < 4.78 is 5.79. The second-order valence-corrected chi connectivity index (χ2v) is 11.5. The van der Waals surface area contributed by atoms with Crippen LogP contribution >= 0.6 is 11.8 Å². The van der Waals surface area contributed by atoms with Crippen LogP contribution in [0.2, 0.25) is 0 Å². The third-order valence-electron chi connectivity index (χ3n) is 7.44. The molecule has 1 saturated heterocycles. The molecule has 4 rings (SSSR count). The van der Waals surface area contributed by atoms with E-state index in [0.29, 0.717) is 17.2 Å². The summed E-state index contributed by atoms with van der Waals surface area (Å²) in [7, 11) is 0. The molecule has 3 amide bonds. The molecule has 0 aliphatic carbocycles. The maximum atomic E-state index is 13.6. The minimum atomic E-state index is -1.57. The normalized spacial score (nSPS) is 16.0. The van der Waals surface area contributed by atoms with E-state index >= 15 is 0 Å². The second kappa shape index (κ2) is 14.2. The first-order valence-corrected chi connectivity index (χ1v) is 15.0. The number of benzene rings is 3. The van der Waals surface area contributed by atoms with Gasteiger partial charge < -0.3 is 31.1 Å². The van der Waals surface area contributed by atoms with Gasteiger partial charge in [-0.25, -0.2) is 0 Å². The van der Waals surface area contributed by atoms with Crippen molar-refractivity contribution < 1.29 is 24.2 Å². The number of aryl methyl sites for hydroxylation is 2. The number of para-hydroxylation sites is 1. The van der Waals surface area contributed by atoms with Gasteiger partial charge in [-0.2, -0.15) is 0 Å². The molecular formula is C32H38N4O5S. The Morgan fingerprint density at radius 1 is 1.02 bits per heavy atom. The number of nitrogens with two attached hydrogens (primary N) is 1. The number of amides is 3. The summed E-state index contributed by atoms with van der Waals surface area (Å²) >= 11 is 1.44. The van der Waals surface area contributed by atoms with Crippen molar-refractivity contribution in [1.82, 2.24) is 15.5 Å². The van der Waals surface area contributed by atoms with Crippen LogP contribution in [0.15, 0.2) is 66.7 Å². The second-order valence-electron chi connectivity index (χ2n) is 10.5. The Morgan fingerprint density at radius 3 is 2.43 bits per heavy atom. The molecule has 3 atom stereocenters.